The van der Waals surface area contributed by atoms with Crippen LogP contribution in [0.1, 0.15) is 15.4 Å². The number of thiophene rings is 1. The van der Waals surface area contributed by atoms with Crippen LogP contribution in [0, 0.1) is 6.92 Å². The number of aryl methyl sites for hydroxylation is 1. The van der Waals surface area contributed by atoms with Gasteiger partial charge in [-0.15, -0.1) is 22.7 Å². The molecule has 3 heterocycles. The van der Waals surface area contributed by atoms with Crippen LogP contribution in [-0.2, 0) is 0 Å². The third kappa shape index (κ3) is 4.56. The molecule has 5 rings (SSSR count). The molecule has 3 aromatic heterocycles. The highest BCUT2D eigenvalue weighted by molar-refractivity contribution is 7.21. The van der Waals surface area contributed by atoms with Crippen LogP contribution in [0.3, 0.4) is 0 Å². The Balaban J connectivity index is 1.74. The molecule has 0 aliphatic carbocycles. The number of hydrogen-bond acceptors (Lipinski definition) is 9. The summed E-state index contributed by atoms with van der Waals surface area (Å²) in [5.74, 6) is 1.18. The Hall–Kier alpha value is -4.15. The number of amides is 1. The second-order valence-corrected chi connectivity index (χ2v) is 9.97. The number of carbonyl (C=O) groups excluding carboxylic acids is 1. The van der Waals surface area contributed by atoms with Gasteiger partial charge < -0.3 is 19.9 Å². The van der Waals surface area contributed by atoms with E-state index in [1.54, 1.807) is 21.3 Å². The number of nitrogens with two attached hydrogens (primary N) is 1. The van der Waals surface area contributed by atoms with Crippen LogP contribution < -0.4 is 25.3 Å². The Morgan fingerprint density at radius 2 is 1.65 bits per heavy atom. The number of nitrogen functional groups attached to an aromatic ring is 1. The molecular formula is C27H24N4O4S2. The average molecular weight is 533 g/mol. The van der Waals surface area contributed by atoms with Crippen molar-refractivity contribution in [2.75, 3.05) is 32.4 Å². The van der Waals surface area contributed by atoms with Gasteiger partial charge in [0.2, 0.25) is 5.75 Å². The number of ether oxygens (including phenoxy) is 3. The van der Waals surface area contributed by atoms with Crippen LogP contribution in [-0.4, -0.2) is 37.2 Å². The summed E-state index contributed by atoms with van der Waals surface area (Å²) >= 11 is 2.61. The van der Waals surface area contributed by atoms with Gasteiger partial charge in [-0.1, -0.05) is 30.3 Å². The maximum atomic E-state index is 13.2. The van der Waals surface area contributed by atoms with Crippen molar-refractivity contribution in [3.63, 3.8) is 0 Å². The molecule has 3 N–H and O–H groups in total. The molecule has 10 heteroatoms. The van der Waals surface area contributed by atoms with Crippen molar-refractivity contribution >= 4 is 49.6 Å². The Morgan fingerprint density at radius 1 is 0.946 bits per heavy atom. The van der Waals surface area contributed by atoms with Crippen LogP contribution in [0.5, 0.6) is 17.2 Å². The van der Waals surface area contributed by atoms with Crippen molar-refractivity contribution < 1.29 is 19.0 Å². The topological polar surface area (TPSA) is 109 Å². The minimum absolute atomic E-state index is 0.327. The highest BCUT2D eigenvalue weighted by Crippen LogP contribution is 2.46. The van der Waals surface area contributed by atoms with E-state index < -0.39 is 0 Å². The van der Waals surface area contributed by atoms with Crippen LogP contribution in [0.25, 0.3) is 32.6 Å². The van der Waals surface area contributed by atoms with Gasteiger partial charge in [0, 0.05) is 16.3 Å². The first-order valence-electron chi connectivity index (χ1n) is 11.3. The van der Waals surface area contributed by atoms with E-state index in [1.807, 2.05) is 60.8 Å². The van der Waals surface area contributed by atoms with Gasteiger partial charge in [0.25, 0.3) is 5.91 Å². The predicted octanol–water partition coefficient (Wildman–Crippen LogP) is 6.26. The van der Waals surface area contributed by atoms with E-state index in [4.69, 9.17) is 24.9 Å². The highest BCUT2D eigenvalue weighted by Gasteiger charge is 2.24. The predicted molar refractivity (Wildman–Crippen MR) is 149 cm³/mol. The van der Waals surface area contributed by atoms with Gasteiger partial charge in [-0.3, -0.25) is 10.1 Å². The van der Waals surface area contributed by atoms with E-state index in [-0.39, 0.29) is 5.91 Å². The van der Waals surface area contributed by atoms with Crippen molar-refractivity contribution in [3.05, 3.63) is 64.5 Å². The summed E-state index contributed by atoms with van der Waals surface area (Å²) in [6.07, 6.45) is 0. The Morgan fingerprint density at radius 3 is 2.24 bits per heavy atom. The third-order valence-corrected chi connectivity index (χ3v) is 7.76. The summed E-state index contributed by atoms with van der Waals surface area (Å²) in [6.45, 7) is 1.87. The highest BCUT2D eigenvalue weighted by atomic mass is 32.1. The second kappa shape index (κ2) is 10.1. The number of hydrogen-bond donors (Lipinski definition) is 2. The average Bonchev–Trinajstić information content (AvgIpc) is 3.49. The molecule has 8 nitrogen and oxygen atoms in total. The lowest BCUT2D eigenvalue weighted by Crippen LogP contribution is -2.11. The molecule has 2 aromatic carbocycles. The molecule has 0 fully saturated rings. The maximum absolute atomic E-state index is 13.2. The number of benzene rings is 2. The van der Waals surface area contributed by atoms with E-state index in [1.165, 1.54) is 22.7 Å². The van der Waals surface area contributed by atoms with Gasteiger partial charge in [-0.2, -0.15) is 0 Å². The number of carbonyl (C=O) groups is 1. The van der Waals surface area contributed by atoms with Gasteiger partial charge in [0.15, 0.2) is 16.6 Å². The number of methoxy groups -OCH3 is 3. The van der Waals surface area contributed by atoms with Crippen LogP contribution in [0.4, 0.5) is 10.8 Å². The van der Waals surface area contributed by atoms with E-state index in [0.29, 0.717) is 43.2 Å². The Bertz CT molecular complexity index is 1590. The number of thiazole rings is 1. The standard InChI is InChI=1S/C27H24N4O4S2/c1-14-13-36-27(29-14)31-25(32)24-22(28)21-17(16-10-19(33-2)23(35-4)20(11-16)34-3)12-18(30-26(21)37-24)15-8-6-5-7-9-15/h5-13H,28H2,1-4H3,(H,29,31,32). The maximum Gasteiger partial charge on any atom is 0.269 e. The van der Waals surface area contributed by atoms with Gasteiger partial charge in [0.05, 0.1) is 38.4 Å². The lowest BCUT2D eigenvalue weighted by atomic mass is 9.98. The summed E-state index contributed by atoms with van der Waals surface area (Å²) in [5.41, 5.74) is 11.1. The Labute approximate surface area is 221 Å². The fourth-order valence-electron chi connectivity index (χ4n) is 4.08. The summed E-state index contributed by atoms with van der Waals surface area (Å²) in [6, 6.07) is 15.5. The number of nitrogens with zero attached hydrogens (tertiary/aromatic N) is 2. The molecule has 188 valence electrons. The molecule has 5 aromatic rings. The van der Waals surface area contributed by atoms with Crippen LogP contribution in [0.2, 0.25) is 0 Å². The summed E-state index contributed by atoms with van der Waals surface area (Å²) in [4.78, 5) is 23.4. The van der Waals surface area contributed by atoms with Crippen molar-refractivity contribution in [2.24, 2.45) is 0 Å². The van der Waals surface area contributed by atoms with Gasteiger partial charge in [-0.05, 0) is 36.2 Å². The molecule has 37 heavy (non-hydrogen) atoms. The smallest absolute Gasteiger partial charge is 0.269 e. The molecule has 0 unspecified atom stereocenters. The minimum Gasteiger partial charge on any atom is -0.493 e. The molecule has 0 atom stereocenters. The van der Waals surface area contributed by atoms with Gasteiger partial charge >= 0.3 is 0 Å². The number of rotatable bonds is 7. The number of fused-ring (bicyclic) bond motifs is 1. The first-order valence-corrected chi connectivity index (χ1v) is 12.9. The first-order chi connectivity index (χ1) is 17.9. The molecule has 0 spiro atoms. The zero-order chi connectivity index (χ0) is 26.1. The van der Waals surface area contributed by atoms with Crippen LogP contribution in [0.15, 0.2) is 53.9 Å². The molecule has 0 radical (unpaired) electrons. The molecule has 0 bridgehead atoms. The summed E-state index contributed by atoms with van der Waals surface area (Å²) < 4.78 is 16.7. The fourth-order valence-corrected chi connectivity index (χ4v) is 5.77. The number of aromatic nitrogens is 2. The van der Waals surface area contributed by atoms with E-state index in [0.717, 1.165) is 28.1 Å². The zero-order valence-electron chi connectivity index (χ0n) is 20.6. The molecule has 0 aliphatic rings. The fraction of sp³-hybridized carbons (Fsp3) is 0.148. The van der Waals surface area contributed by atoms with Crippen molar-refractivity contribution in [1.82, 2.24) is 9.97 Å². The molecule has 0 saturated carbocycles. The van der Waals surface area contributed by atoms with Gasteiger partial charge in [-0.25, -0.2) is 9.97 Å². The quantitative estimate of drug-likeness (QED) is 0.255. The van der Waals surface area contributed by atoms with Gasteiger partial charge in [0.1, 0.15) is 9.71 Å². The first kappa shape index (κ1) is 24.5. The molecule has 0 saturated heterocycles. The largest absolute Gasteiger partial charge is 0.493 e. The summed E-state index contributed by atoms with van der Waals surface area (Å²) in [7, 11) is 4.70. The minimum atomic E-state index is -0.327. The summed E-state index contributed by atoms with van der Waals surface area (Å²) in [5, 5.41) is 5.92. The van der Waals surface area contributed by atoms with Crippen molar-refractivity contribution in [2.45, 2.75) is 6.92 Å². The zero-order valence-corrected chi connectivity index (χ0v) is 22.3. The normalized spacial score (nSPS) is 10.9. The Kier molecular flexibility index (Phi) is 6.68. The number of pyridine rings is 1. The molecule has 1 amide bonds. The lowest BCUT2D eigenvalue weighted by Gasteiger charge is -2.15. The number of nitrogens with one attached hydrogen (secondary N) is 1. The van der Waals surface area contributed by atoms with Crippen molar-refractivity contribution in [3.8, 4) is 39.6 Å². The molecule has 0 aliphatic heterocycles. The second-order valence-electron chi connectivity index (χ2n) is 8.11. The monoisotopic (exact) mass is 532 g/mol. The van der Waals surface area contributed by atoms with E-state index in [2.05, 4.69) is 10.3 Å². The van der Waals surface area contributed by atoms with Crippen LogP contribution >= 0.6 is 22.7 Å². The van der Waals surface area contributed by atoms with E-state index in [9.17, 15) is 4.79 Å². The molecular weight excluding hydrogens is 508 g/mol. The lowest BCUT2D eigenvalue weighted by molar-refractivity contribution is 0.103. The van der Waals surface area contributed by atoms with E-state index >= 15 is 0 Å². The van der Waals surface area contributed by atoms with Crippen molar-refractivity contribution in [1.29, 1.82) is 0 Å². The number of anilines is 2. The SMILES string of the molecule is COc1cc(-c2cc(-c3ccccc3)nc3sc(C(=O)Nc4nc(C)cs4)c(N)c23)cc(OC)c1OC. The third-order valence-electron chi connectivity index (χ3n) is 5.79.